The third kappa shape index (κ3) is 3.04. The SMILES string of the molecule is CC(I)C(I)(I)C(=O)O. The third-order valence-electron chi connectivity index (χ3n) is 0.785. The fourth-order valence-electron chi connectivity index (χ4n) is 0.170. The normalized spacial score (nSPS) is 15.1. The van der Waals surface area contributed by atoms with Gasteiger partial charge in [-0.2, -0.15) is 0 Å². The zero-order chi connectivity index (χ0) is 7.65. The predicted molar refractivity (Wildman–Crippen MR) is 61.9 cm³/mol. The first-order chi connectivity index (χ1) is 3.89. The zero-order valence-electron chi connectivity index (χ0n) is 4.57. The van der Waals surface area contributed by atoms with Crippen LogP contribution >= 0.6 is 67.8 Å². The molecular formula is C4H5I3O2. The van der Waals surface area contributed by atoms with Crippen LogP contribution in [0.25, 0.3) is 0 Å². The van der Waals surface area contributed by atoms with Gasteiger partial charge >= 0.3 is 5.97 Å². The summed E-state index contributed by atoms with van der Waals surface area (Å²) in [5.74, 6) is -0.759. The molecule has 0 saturated carbocycles. The van der Waals surface area contributed by atoms with Gasteiger partial charge in [0.15, 0.2) is 1.43 Å². The van der Waals surface area contributed by atoms with Gasteiger partial charge < -0.3 is 5.11 Å². The number of hydrogen-bond donors (Lipinski definition) is 1. The van der Waals surface area contributed by atoms with Gasteiger partial charge in [0.1, 0.15) is 0 Å². The lowest BCUT2D eigenvalue weighted by Gasteiger charge is -2.17. The Kier molecular flexibility index (Phi) is 4.60. The van der Waals surface area contributed by atoms with Crippen LogP contribution in [0, 0.1) is 0 Å². The van der Waals surface area contributed by atoms with Crippen LogP contribution in [0.5, 0.6) is 0 Å². The van der Waals surface area contributed by atoms with E-state index >= 15 is 0 Å². The fourth-order valence-corrected chi connectivity index (χ4v) is 0.437. The molecule has 0 aromatic carbocycles. The van der Waals surface area contributed by atoms with Crippen LogP contribution in [-0.4, -0.2) is 16.4 Å². The lowest BCUT2D eigenvalue weighted by Crippen LogP contribution is -2.31. The summed E-state index contributed by atoms with van der Waals surface area (Å²) in [7, 11) is 0. The van der Waals surface area contributed by atoms with Crippen molar-refractivity contribution in [2.24, 2.45) is 0 Å². The Hall–Kier alpha value is 1.66. The van der Waals surface area contributed by atoms with Crippen molar-refractivity contribution >= 4 is 73.7 Å². The van der Waals surface area contributed by atoms with E-state index in [-0.39, 0.29) is 3.92 Å². The molecular weight excluding hydrogens is 461 g/mol. The molecule has 0 aliphatic heterocycles. The molecule has 0 spiro atoms. The second-order valence-corrected chi connectivity index (χ2v) is 8.88. The van der Waals surface area contributed by atoms with Crippen LogP contribution in [-0.2, 0) is 4.79 Å². The van der Waals surface area contributed by atoms with Crippen molar-refractivity contribution in [2.75, 3.05) is 0 Å². The second-order valence-electron chi connectivity index (χ2n) is 1.54. The summed E-state index contributed by atoms with van der Waals surface area (Å²) in [6.07, 6.45) is 0. The van der Waals surface area contributed by atoms with E-state index in [0.717, 1.165) is 0 Å². The van der Waals surface area contributed by atoms with E-state index in [9.17, 15) is 4.79 Å². The summed E-state index contributed by atoms with van der Waals surface area (Å²) in [6, 6.07) is 0. The number of carboxylic acid groups (broad SMARTS) is 1. The molecule has 1 atom stereocenters. The van der Waals surface area contributed by atoms with Crippen LogP contribution in [0.15, 0.2) is 0 Å². The topological polar surface area (TPSA) is 37.3 Å². The Bertz CT molecular complexity index is 121. The Morgan fingerprint density at radius 2 is 2.00 bits per heavy atom. The highest BCUT2D eigenvalue weighted by atomic mass is 127. The maximum atomic E-state index is 10.4. The van der Waals surface area contributed by atoms with Crippen molar-refractivity contribution in [3.8, 4) is 0 Å². The molecule has 0 amide bonds. The standard InChI is InChI=1S/C4H5I3O2/c1-2(5)4(6,7)3(8)9/h2H,1H3,(H,8,9). The summed E-state index contributed by atoms with van der Waals surface area (Å²) in [4.78, 5) is 10.4. The molecule has 0 radical (unpaired) electrons. The molecule has 5 heteroatoms. The quantitative estimate of drug-likeness (QED) is 0.502. The summed E-state index contributed by atoms with van der Waals surface area (Å²) >= 11 is 5.98. The van der Waals surface area contributed by atoms with Gasteiger partial charge in [0.2, 0.25) is 0 Å². The molecule has 0 fully saturated rings. The molecule has 2 nitrogen and oxygen atoms in total. The van der Waals surface area contributed by atoms with Gasteiger partial charge in [-0.15, -0.1) is 0 Å². The average molecular weight is 466 g/mol. The number of hydrogen-bond acceptors (Lipinski definition) is 1. The van der Waals surface area contributed by atoms with Gasteiger partial charge in [0.05, 0.1) is 0 Å². The molecule has 0 rings (SSSR count). The van der Waals surface area contributed by atoms with E-state index in [1.54, 1.807) is 0 Å². The number of rotatable bonds is 2. The minimum atomic E-state index is -0.759. The monoisotopic (exact) mass is 466 g/mol. The highest BCUT2D eigenvalue weighted by molar-refractivity contribution is 14.2. The number of carbonyl (C=O) groups is 1. The molecule has 0 bridgehead atoms. The highest BCUT2D eigenvalue weighted by Crippen LogP contribution is 2.36. The molecule has 0 heterocycles. The summed E-state index contributed by atoms with van der Waals surface area (Å²) in [5.41, 5.74) is 0. The first-order valence-electron chi connectivity index (χ1n) is 2.14. The maximum absolute atomic E-state index is 10.4. The van der Waals surface area contributed by atoms with Crippen molar-refractivity contribution in [3.05, 3.63) is 0 Å². The van der Waals surface area contributed by atoms with Crippen LogP contribution < -0.4 is 0 Å². The van der Waals surface area contributed by atoms with Crippen molar-refractivity contribution < 1.29 is 9.90 Å². The van der Waals surface area contributed by atoms with Crippen LogP contribution in [0.1, 0.15) is 6.92 Å². The zero-order valence-corrected chi connectivity index (χ0v) is 11.0. The second kappa shape index (κ2) is 3.88. The number of alkyl halides is 3. The van der Waals surface area contributed by atoms with Crippen LogP contribution in [0.4, 0.5) is 0 Å². The van der Waals surface area contributed by atoms with Gasteiger partial charge in [-0.1, -0.05) is 74.7 Å². The molecule has 0 aromatic heterocycles. The number of carboxylic acids is 1. The summed E-state index contributed by atoms with van der Waals surface area (Å²) in [6.45, 7) is 1.88. The molecule has 0 saturated heterocycles. The van der Waals surface area contributed by atoms with E-state index in [1.165, 1.54) is 0 Å². The van der Waals surface area contributed by atoms with E-state index in [1.807, 2.05) is 52.1 Å². The first-order valence-corrected chi connectivity index (χ1v) is 5.54. The van der Waals surface area contributed by atoms with Gasteiger partial charge in [-0.05, 0) is 0 Å². The summed E-state index contributed by atoms with van der Waals surface area (Å²) in [5, 5.41) is 8.59. The minimum Gasteiger partial charge on any atom is -0.480 e. The van der Waals surface area contributed by atoms with Crippen molar-refractivity contribution in [1.29, 1.82) is 0 Å². The first kappa shape index (κ1) is 10.7. The Labute approximate surface area is 94.6 Å². The summed E-state index contributed by atoms with van der Waals surface area (Å²) < 4.78 is -0.524. The largest absolute Gasteiger partial charge is 0.480 e. The van der Waals surface area contributed by atoms with E-state index < -0.39 is 7.40 Å². The van der Waals surface area contributed by atoms with Crippen molar-refractivity contribution in [2.45, 2.75) is 12.3 Å². The van der Waals surface area contributed by atoms with Crippen LogP contribution in [0.3, 0.4) is 0 Å². The van der Waals surface area contributed by atoms with Crippen molar-refractivity contribution in [1.82, 2.24) is 0 Å². The van der Waals surface area contributed by atoms with Gasteiger partial charge in [0.25, 0.3) is 0 Å². The van der Waals surface area contributed by atoms with Crippen molar-refractivity contribution in [3.63, 3.8) is 0 Å². The molecule has 0 aliphatic carbocycles. The number of aliphatic carboxylic acids is 1. The van der Waals surface area contributed by atoms with Gasteiger partial charge in [-0.3, -0.25) is 0 Å². The highest BCUT2D eigenvalue weighted by Gasteiger charge is 2.36. The minimum absolute atomic E-state index is 0.133. The van der Waals surface area contributed by atoms with Gasteiger partial charge in [-0.25, -0.2) is 4.79 Å². The Morgan fingerprint density at radius 1 is 1.67 bits per heavy atom. The fraction of sp³-hybridized carbons (Fsp3) is 0.750. The van der Waals surface area contributed by atoms with E-state index in [2.05, 4.69) is 22.6 Å². The lowest BCUT2D eigenvalue weighted by molar-refractivity contribution is -0.136. The van der Waals surface area contributed by atoms with Crippen LogP contribution in [0.2, 0.25) is 0 Å². The third-order valence-corrected chi connectivity index (χ3v) is 6.89. The molecule has 54 valence electrons. The van der Waals surface area contributed by atoms with Gasteiger partial charge in [0, 0.05) is 3.92 Å². The molecule has 1 unspecified atom stereocenters. The Balaban J connectivity index is 4.19. The molecule has 1 N–H and O–H groups in total. The molecule has 0 aliphatic rings. The Morgan fingerprint density at radius 3 is 2.00 bits per heavy atom. The number of halogens is 3. The predicted octanol–water partition coefficient (Wildman–Crippen LogP) is 2.46. The molecule has 9 heavy (non-hydrogen) atoms. The maximum Gasteiger partial charge on any atom is 0.330 e. The smallest absolute Gasteiger partial charge is 0.330 e. The molecule has 0 aromatic rings. The average Bonchev–Trinajstić information content (AvgIpc) is 1.65. The van der Waals surface area contributed by atoms with E-state index in [4.69, 9.17) is 5.11 Å². The van der Waals surface area contributed by atoms with E-state index in [0.29, 0.717) is 0 Å². The lowest BCUT2D eigenvalue weighted by atomic mass is 10.3.